The second-order valence-electron chi connectivity index (χ2n) is 10.2. The standard InChI is InChI=1S/C31H28N4O/c1-20-26-15-14-25-28(22-11-7-4-8-12-22)34-35(30(25)31(26,2)17-24(18-32)29(20)36)27-16-13-23(19-33-27)21-9-5-3-6-10-21/h3-13,16,19-20,26,36H,14-15,17H2,1-2H3/t20-,26-,31-/m1/s1. The van der Waals surface area contributed by atoms with Crippen molar-refractivity contribution in [3.63, 3.8) is 0 Å². The molecule has 0 unspecified atom stereocenters. The van der Waals surface area contributed by atoms with Crippen molar-refractivity contribution >= 4 is 0 Å². The van der Waals surface area contributed by atoms with Gasteiger partial charge in [0.25, 0.3) is 0 Å². The number of hydrogen-bond donors (Lipinski definition) is 1. The fraction of sp³-hybridized carbons (Fsp3) is 0.258. The van der Waals surface area contributed by atoms with Crippen molar-refractivity contribution in [1.82, 2.24) is 14.8 Å². The van der Waals surface area contributed by atoms with E-state index < -0.39 is 0 Å². The number of hydrogen-bond acceptors (Lipinski definition) is 4. The molecule has 6 rings (SSSR count). The highest BCUT2D eigenvalue weighted by Crippen LogP contribution is 2.55. The van der Waals surface area contributed by atoms with Crippen molar-refractivity contribution in [3.8, 4) is 34.3 Å². The maximum absolute atomic E-state index is 10.8. The van der Waals surface area contributed by atoms with E-state index in [9.17, 15) is 10.4 Å². The SMILES string of the molecule is C[C@H]1C(O)=C(C#N)C[C@@]2(C)c3c(c(-c4ccccc4)nn3-c3ccc(-c4ccccc4)cn3)CC[C@H]12. The lowest BCUT2D eigenvalue weighted by atomic mass is 9.56. The van der Waals surface area contributed by atoms with Crippen molar-refractivity contribution in [2.75, 3.05) is 0 Å². The van der Waals surface area contributed by atoms with Gasteiger partial charge in [-0.15, -0.1) is 0 Å². The first-order valence-electron chi connectivity index (χ1n) is 12.5. The Morgan fingerprint density at radius 3 is 2.31 bits per heavy atom. The molecule has 0 bridgehead atoms. The molecule has 5 nitrogen and oxygen atoms in total. The maximum Gasteiger partial charge on any atom is 0.153 e. The van der Waals surface area contributed by atoms with Crippen LogP contribution in [0.4, 0.5) is 0 Å². The third-order valence-electron chi connectivity index (χ3n) is 8.19. The molecule has 2 aliphatic carbocycles. The van der Waals surface area contributed by atoms with Gasteiger partial charge in [0.05, 0.1) is 23.0 Å². The number of aliphatic hydroxyl groups excluding tert-OH is 1. The molecule has 2 heterocycles. The van der Waals surface area contributed by atoms with Crippen molar-refractivity contribution in [3.05, 3.63) is 102 Å². The van der Waals surface area contributed by atoms with E-state index in [2.05, 4.69) is 43.3 Å². The van der Waals surface area contributed by atoms with Gasteiger partial charge in [-0.2, -0.15) is 10.4 Å². The molecule has 36 heavy (non-hydrogen) atoms. The summed E-state index contributed by atoms with van der Waals surface area (Å²) in [6.07, 6.45) is 4.22. The summed E-state index contributed by atoms with van der Waals surface area (Å²) in [5.74, 6) is 1.15. The molecule has 2 aromatic carbocycles. The topological polar surface area (TPSA) is 74.7 Å². The van der Waals surface area contributed by atoms with Crippen LogP contribution in [-0.2, 0) is 11.8 Å². The molecule has 4 aromatic rings. The summed E-state index contributed by atoms with van der Waals surface area (Å²) in [5, 5.41) is 25.8. The van der Waals surface area contributed by atoms with E-state index in [1.165, 1.54) is 5.56 Å². The van der Waals surface area contributed by atoms with Crippen LogP contribution < -0.4 is 0 Å². The summed E-state index contributed by atoms with van der Waals surface area (Å²) in [6, 6.07) is 26.9. The van der Waals surface area contributed by atoms with Crippen molar-refractivity contribution in [2.24, 2.45) is 11.8 Å². The molecule has 2 aromatic heterocycles. The zero-order chi connectivity index (χ0) is 24.9. The van der Waals surface area contributed by atoms with Crippen LogP contribution in [0.15, 0.2) is 90.3 Å². The number of allylic oxidation sites excluding steroid dienone is 2. The largest absolute Gasteiger partial charge is 0.511 e. The van der Waals surface area contributed by atoms with Gasteiger partial charge in [0, 0.05) is 34.2 Å². The number of rotatable bonds is 3. The fourth-order valence-corrected chi connectivity index (χ4v) is 6.41. The van der Waals surface area contributed by atoms with Gasteiger partial charge in [-0.3, -0.25) is 0 Å². The summed E-state index contributed by atoms with van der Waals surface area (Å²) in [7, 11) is 0. The first kappa shape index (κ1) is 22.3. The Labute approximate surface area is 211 Å². The van der Waals surface area contributed by atoms with Gasteiger partial charge in [-0.25, -0.2) is 9.67 Å². The minimum atomic E-state index is -0.343. The number of benzene rings is 2. The van der Waals surface area contributed by atoms with Crippen LogP contribution >= 0.6 is 0 Å². The molecule has 0 saturated heterocycles. The summed E-state index contributed by atoms with van der Waals surface area (Å²) in [6.45, 7) is 4.28. The Bertz CT molecular complexity index is 1500. The first-order valence-corrected chi connectivity index (χ1v) is 12.5. The van der Waals surface area contributed by atoms with E-state index in [1.54, 1.807) is 0 Å². The smallest absolute Gasteiger partial charge is 0.153 e. The van der Waals surface area contributed by atoms with Crippen LogP contribution in [0.25, 0.3) is 28.2 Å². The molecule has 0 amide bonds. The Morgan fingerprint density at radius 1 is 0.972 bits per heavy atom. The fourth-order valence-electron chi connectivity index (χ4n) is 6.41. The lowest BCUT2D eigenvalue weighted by Gasteiger charge is -2.47. The highest BCUT2D eigenvalue weighted by atomic mass is 16.3. The molecule has 1 N–H and O–H groups in total. The van der Waals surface area contributed by atoms with Crippen LogP contribution in [0.1, 0.15) is 37.9 Å². The van der Waals surface area contributed by atoms with Crippen LogP contribution in [0.2, 0.25) is 0 Å². The van der Waals surface area contributed by atoms with E-state index in [0.717, 1.165) is 46.7 Å². The van der Waals surface area contributed by atoms with E-state index in [0.29, 0.717) is 12.0 Å². The van der Waals surface area contributed by atoms with Crippen LogP contribution in [0.5, 0.6) is 0 Å². The number of aliphatic hydroxyl groups is 1. The van der Waals surface area contributed by atoms with E-state index in [1.807, 2.05) is 60.3 Å². The molecule has 0 saturated carbocycles. The number of aromatic nitrogens is 3. The monoisotopic (exact) mass is 472 g/mol. The Balaban J connectivity index is 1.55. The van der Waals surface area contributed by atoms with Gasteiger partial charge in [-0.05, 0) is 42.9 Å². The predicted octanol–water partition coefficient (Wildman–Crippen LogP) is 6.80. The summed E-state index contributed by atoms with van der Waals surface area (Å²) in [5.41, 5.74) is 6.71. The molecule has 0 aliphatic heterocycles. The summed E-state index contributed by atoms with van der Waals surface area (Å²) >= 11 is 0. The van der Waals surface area contributed by atoms with Gasteiger partial charge in [0.15, 0.2) is 5.82 Å². The second-order valence-corrected chi connectivity index (χ2v) is 10.2. The molecule has 0 spiro atoms. The zero-order valence-electron chi connectivity index (χ0n) is 20.5. The summed E-state index contributed by atoms with van der Waals surface area (Å²) in [4.78, 5) is 4.86. The average molecular weight is 473 g/mol. The first-order chi connectivity index (χ1) is 17.5. The Hall–Kier alpha value is -4.17. The van der Waals surface area contributed by atoms with Crippen LogP contribution in [0, 0.1) is 23.2 Å². The van der Waals surface area contributed by atoms with E-state index >= 15 is 0 Å². The second kappa shape index (κ2) is 8.49. The molecule has 178 valence electrons. The quantitative estimate of drug-likeness (QED) is 0.356. The summed E-state index contributed by atoms with van der Waals surface area (Å²) < 4.78 is 2.00. The highest BCUT2D eigenvalue weighted by molar-refractivity contribution is 5.67. The van der Waals surface area contributed by atoms with E-state index in [-0.39, 0.29) is 23.0 Å². The van der Waals surface area contributed by atoms with Gasteiger partial charge >= 0.3 is 0 Å². The van der Waals surface area contributed by atoms with Gasteiger partial charge < -0.3 is 5.11 Å². The van der Waals surface area contributed by atoms with Crippen molar-refractivity contribution in [1.29, 1.82) is 5.26 Å². The van der Waals surface area contributed by atoms with Crippen molar-refractivity contribution < 1.29 is 5.11 Å². The minimum absolute atomic E-state index is 0.0801. The predicted molar refractivity (Wildman–Crippen MR) is 140 cm³/mol. The number of fused-ring (bicyclic) bond motifs is 3. The molecule has 2 aliphatic rings. The number of nitrogens with zero attached hydrogens (tertiary/aromatic N) is 4. The lowest BCUT2D eigenvalue weighted by molar-refractivity contribution is 0.134. The van der Waals surface area contributed by atoms with E-state index in [4.69, 9.17) is 10.1 Å². The molecular weight excluding hydrogens is 444 g/mol. The molecule has 0 fully saturated rings. The van der Waals surface area contributed by atoms with Gasteiger partial charge in [-0.1, -0.05) is 74.5 Å². The van der Waals surface area contributed by atoms with Gasteiger partial charge in [0.1, 0.15) is 5.76 Å². The number of pyridine rings is 1. The highest BCUT2D eigenvalue weighted by Gasteiger charge is 2.51. The number of nitriles is 1. The third kappa shape index (κ3) is 3.37. The minimum Gasteiger partial charge on any atom is -0.511 e. The van der Waals surface area contributed by atoms with Gasteiger partial charge in [0.2, 0.25) is 0 Å². The molecule has 0 radical (unpaired) electrons. The zero-order valence-corrected chi connectivity index (χ0v) is 20.5. The molecule has 3 atom stereocenters. The van der Waals surface area contributed by atoms with Crippen molar-refractivity contribution in [2.45, 2.75) is 38.5 Å². The van der Waals surface area contributed by atoms with Crippen LogP contribution in [0.3, 0.4) is 0 Å². The Kier molecular flexibility index (Phi) is 5.26. The van der Waals surface area contributed by atoms with Crippen LogP contribution in [-0.4, -0.2) is 19.9 Å². The maximum atomic E-state index is 10.8. The lowest BCUT2D eigenvalue weighted by Crippen LogP contribution is -2.45. The average Bonchev–Trinajstić information content (AvgIpc) is 3.33. The molecule has 5 heteroatoms. The Morgan fingerprint density at radius 2 is 1.67 bits per heavy atom. The normalized spacial score (nSPS) is 23.0. The molecular formula is C31H28N4O. The third-order valence-corrected chi connectivity index (χ3v) is 8.19.